The van der Waals surface area contributed by atoms with Crippen LogP contribution in [0.2, 0.25) is 0 Å². The van der Waals surface area contributed by atoms with E-state index in [1.54, 1.807) is 7.11 Å². The van der Waals surface area contributed by atoms with Crippen molar-refractivity contribution in [3.05, 3.63) is 22.2 Å². The largest absolute Gasteiger partial charge is 0.493 e. The van der Waals surface area contributed by atoms with Crippen LogP contribution in [0.5, 0.6) is 11.5 Å². The molecular weight excluding hydrogens is 294 g/mol. The van der Waals surface area contributed by atoms with Gasteiger partial charge in [-0.05, 0) is 38.9 Å². The topological polar surface area (TPSA) is 30.5 Å². The Kier molecular flexibility index (Phi) is 4.51. The van der Waals surface area contributed by atoms with Crippen LogP contribution in [0.15, 0.2) is 16.6 Å². The van der Waals surface area contributed by atoms with Crippen molar-refractivity contribution in [2.45, 2.75) is 32.3 Å². The fourth-order valence-corrected chi connectivity index (χ4v) is 2.99. The molecule has 1 aliphatic rings. The summed E-state index contributed by atoms with van der Waals surface area (Å²) in [6.07, 6.45) is 1.28. The molecule has 1 atom stereocenters. The Morgan fingerprint density at radius 3 is 2.72 bits per heavy atom. The van der Waals surface area contributed by atoms with E-state index in [9.17, 15) is 0 Å². The van der Waals surface area contributed by atoms with Crippen molar-refractivity contribution in [1.82, 2.24) is 5.32 Å². The Morgan fingerprint density at radius 2 is 2.17 bits per heavy atom. The summed E-state index contributed by atoms with van der Waals surface area (Å²) in [7, 11) is 1.69. The molecule has 3 nitrogen and oxygen atoms in total. The Hall–Kier alpha value is -0.740. The van der Waals surface area contributed by atoms with Gasteiger partial charge in [-0.2, -0.15) is 0 Å². The van der Waals surface area contributed by atoms with Crippen LogP contribution in [-0.4, -0.2) is 26.3 Å². The third-order valence-electron chi connectivity index (χ3n) is 3.15. The first-order valence-corrected chi connectivity index (χ1v) is 7.16. The summed E-state index contributed by atoms with van der Waals surface area (Å²) in [6, 6.07) is 3.99. The van der Waals surface area contributed by atoms with E-state index in [4.69, 9.17) is 9.47 Å². The molecule has 1 fully saturated rings. The summed E-state index contributed by atoms with van der Waals surface area (Å²) >= 11 is 3.65. The molecule has 0 aromatic heterocycles. The van der Waals surface area contributed by atoms with Crippen molar-refractivity contribution in [1.29, 1.82) is 0 Å². The smallest absolute Gasteiger partial charge is 0.166 e. The van der Waals surface area contributed by atoms with Crippen LogP contribution in [-0.2, 0) is 0 Å². The lowest BCUT2D eigenvalue weighted by Gasteiger charge is -2.21. The molecule has 1 aromatic carbocycles. The number of rotatable bonds is 4. The van der Waals surface area contributed by atoms with Crippen LogP contribution in [0.4, 0.5) is 0 Å². The molecule has 4 heteroatoms. The highest BCUT2D eigenvalue weighted by Gasteiger charge is 2.25. The number of hydrogen-bond acceptors (Lipinski definition) is 3. The lowest BCUT2D eigenvalue weighted by Crippen LogP contribution is -2.13. The van der Waals surface area contributed by atoms with E-state index < -0.39 is 0 Å². The maximum Gasteiger partial charge on any atom is 0.166 e. The first-order valence-electron chi connectivity index (χ1n) is 6.37. The summed E-state index contributed by atoms with van der Waals surface area (Å²) in [4.78, 5) is 0. The minimum absolute atomic E-state index is 0.140. The number of methoxy groups -OCH3 is 1. The normalized spacial score (nSPS) is 19.3. The highest BCUT2D eigenvalue weighted by atomic mass is 79.9. The highest BCUT2D eigenvalue weighted by Crippen LogP contribution is 2.42. The molecule has 1 unspecified atom stereocenters. The third kappa shape index (κ3) is 2.81. The van der Waals surface area contributed by atoms with Crippen molar-refractivity contribution in [2.24, 2.45) is 0 Å². The zero-order valence-corrected chi connectivity index (χ0v) is 12.7. The second kappa shape index (κ2) is 5.93. The lowest BCUT2D eigenvalue weighted by atomic mass is 9.97. The van der Waals surface area contributed by atoms with Gasteiger partial charge in [0.25, 0.3) is 0 Å². The predicted molar refractivity (Wildman–Crippen MR) is 76.7 cm³/mol. The van der Waals surface area contributed by atoms with Crippen LogP contribution in [0, 0.1) is 0 Å². The zero-order chi connectivity index (χ0) is 13.1. The molecule has 0 saturated carbocycles. The van der Waals surface area contributed by atoms with Gasteiger partial charge in [0, 0.05) is 22.5 Å². The van der Waals surface area contributed by atoms with Crippen LogP contribution in [0.1, 0.15) is 31.7 Å². The highest BCUT2D eigenvalue weighted by molar-refractivity contribution is 9.10. The zero-order valence-electron chi connectivity index (χ0n) is 11.1. The minimum Gasteiger partial charge on any atom is -0.493 e. The molecule has 18 heavy (non-hydrogen) atoms. The van der Waals surface area contributed by atoms with Crippen molar-refractivity contribution >= 4 is 15.9 Å². The maximum atomic E-state index is 5.98. The Morgan fingerprint density at radius 1 is 1.39 bits per heavy atom. The van der Waals surface area contributed by atoms with Gasteiger partial charge >= 0.3 is 0 Å². The van der Waals surface area contributed by atoms with Gasteiger partial charge < -0.3 is 14.8 Å². The van der Waals surface area contributed by atoms with Gasteiger partial charge in [0.05, 0.1) is 13.2 Å². The number of benzene rings is 1. The molecule has 1 heterocycles. The third-order valence-corrected chi connectivity index (χ3v) is 3.84. The minimum atomic E-state index is 0.140. The molecule has 1 N–H and O–H groups in total. The molecule has 2 rings (SSSR count). The monoisotopic (exact) mass is 313 g/mol. The summed E-state index contributed by atoms with van der Waals surface area (Å²) in [6.45, 7) is 6.14. The molecule has 0 amide bonds. The van der Waals surface area contributed by atoms with Crippen LogP contribution in [0.3, 0.4) is 0 Å². The van der Waals surface area contributed by atoms with E-state index in [2.05, 4.69) is 21.2 Å². The standard InChI is InChI=1S/C14H20BrNO2/c1-9(2)18-14-12(17-3)5-4-11(15)13(14)10-6-7-16-8-10/h4-5,9-10,16H,6-8H2,1-3H3. The number of hydrogen-bond donors (Lipinski definition) is 1. The molecule has 0 spiro atoms. The SMILES string of the molecule is COc1ccc(Br)c(C2CCNC2)c1OC(C)C. The van der Waals surface area contributed by atoms with E-state index in [1.165, 1.54) is 5.56 Å². The number of nitrogens with one attached hydrogen (secondary N) is 1. The lowest BCUT2D eigenvalue weighted by molar-refractivity contribution is 0.226. The van der Waals surface area contributed by atoms with Gasteiger partial charge in [0.1, 0.15) is 0 Å². The van der Waals surface area contributed by atoms with E-state index in [0.717, 1.165) is 35.5 Å². The molecule has 1 aliphatic heterocycles. The van der Waals surface area contributed by atoms with Crippen molar-refractivity contribution in [3.63, 3.8) is 0 Å². The van der Waals surface area contributed by atoms with Gasteiger partial charge in [-0.1, -0.05) is 15.9 Å². The van der Waals surface area contributed by atoms with Crippen LogP contribution >= 0.6 is 15.9 Å². The Bertz CT molecular complexity index is 415. The van der Waals surface area contributed by atoms with E-state index in [-0.39, 0.29) is 6.10 Å². The molecule has 1 saturated heterocycles. The quantitative estimate of drug-likeness (QED) is 0.925. The summed E-state index contributed by atoms with van der Waals surface area (Å²) in [5.74, 6) is 2.19. The van der Waals surface area contributed by atoms with E-state index in [0.29, 0.717) is 5.92 Å². The summed E-state index contributed by atoms with van der Waals surface area (Å²) < 4.78 is 12.5. The first kappa shape index (κ1) is 13.7. The summed E-state index contributed by atoms with van der Waals surface area (Å²) in [5.41, 5.74) is 1.23. The molecule has 100 valence electrons. The Labute approximate surface area is 117 Å². The van der Waals surface area contributed by atoms with Crippen molar-refractivity contribution < 1.29 is 9.47 Å². The van der Waals surface area contributed by atoms with Crippen molar-refractivity contribution in [2.75, 3.05) is 20.2 Å². The molecule has 0 bridgehead atoms. The van der Waals surface area contributed by atoms with Gasteiger partial charge in [-0.25, -0.2) is 0 Å². The van der Waals surface area contributed by atoms with Gasteiger partial charge in [-0.3, -0.25) is 0 Å². The van der Waals surface area contributed by atoms with Crippen molar-refractivity contribution in [3.8, 4) is 11.5 Å². The molecule has 0 radical (unpaired) electrons. The first-order chi connectivity index (χ1) is 8.63. The number of ether oxygens (including phenoxy) is 2. The summed E-state index contributed by atoms with van der Waals surface area (Å²) in [5, 5.41) is 3.40. The molecule has 0 aliphatic carbocycles. The molecular formula is C14H20BrNO2. The average Bonchev–Trinajstić information content (AvgIpc) is 2.82. The molecule has 1 aromatic rings. The predicted octanol–water partition coefficient (Wildman–Crippen LogP) is 3.32. The second-order valence-electron chi connectivity index (χ2n) is 4.85. The van der Waals surface area contributed by atoms with E-state index >= 15 is 0 Å². The van der Waals surface area contributed by atoms with Gasteiger partial charge in [0.15, 0.2) is 11.5 Å². The van der Waals surface area contributed by atoms with Crippen LogP contribution < -0.4 is 14.8 Å². The van der Waals surface area contributed by atoms with Gasteiger partial charge in [-0.15, -0.1) is 0 Å². The van der Waals surface area contributed by atoms with Gasteiger partial charge in [0.2, 0.25) is 0 Å². The Balaban J connectivity index is 2.45. The van der Waals surface area contributed by atoms with Crippen LogP contribution in [0.25, 0.3) is 0 Å². The fourth-order valence-electron chi connectivity index (χ4n) is 2.35. The second-order valence-corrected chi connectivity index (χ2v) is 5.70. The fraction of sp³-hybridized carbons (Fsp3) is 0.571. The van der Waals surface area contributed by atoms with E-state index in [1.807, 2.05) is 26.0 Å². The average molecular weight is 314 g/mol. The maximum absolute atomic E-state index is 5.98. The number of halogens is 1.